The van der Waals surface area contributed by atoms with Gasteiger partial charge in [-0.2, -0.15) is 5.10 Å². The molecule has 0 saturated heterocycles. The van der Waals surface area contributed by atoms with E-state index in [1.165, 1.54) is 4.68 Å². The van der Waals surface area contributed by atoms with Crippen molar-refractivity contribution in [2.24, 2.45) is 5.10 Å². The van der Waals surface area contributed by atoms with E-state index >= 15 is 0 Å². The highest BCUT2D eigenvalue weighted by atomic mass is 35.5. The van der Waals surface area contributed by atoms with Crippen LogP contribution in [0.1, 0.15) is 5.56 Å². The van der Waals surface area contributed by atoms with Crippen molar-refractivity contribution in [1.82, 2.24) is 14.9 Å². The number of allylic oxidation sites excluding steroid dienone is 1. The molecule has 0 unspecified atom stereocenters. The summed E-state index contributed by atoms with van der Waals surface area (Å²) in [6, 6.07) is 16.8. The van der Waals surface area contributed by atoms with Gasteiger partial charge < -0.3 is 11.2 Å². The maximum atomic E-state index is 12.1. The van der Waals surface area contributed by atoms with E-state index in [9.17, 15) is 4.79 Å². The minimum atomic E-state index is -0.209. The zero-order chi connectivity index (χ0) is 20.5. The summed E-state index contributed by atoms with van der Waals surface area (Å²) in [5.74, 6) is 6.10. The number of halogens is 1. The van der Waals surface area contributed by atoms with Gasteiger partial charge in [0.05, 0.1) is 5.75 Å². The molecule has 1 heterocycles. The molecule has 1 amide bonds. The number of hydrogen-bond acceptors (Lipinski definition) is 7. The molecule has 2 aromatic carbocycles. The number of carbonyl (C=O) groups is 1. The fraction of sp³-hybridized carbons (Fsp3) is 0.0526. The summed E-state index contributed by atoms with van der Waals surface area (Å²) in [7, 11) is 0. The second kappa shape index (κ2) is 10.3. The molecule has 0 spiro atoms. The maximum absolute atomic E-state index is 12.1. The number of hydrazone groups is 1. The highest BCUT2D eigenvalue weighted by molar-refractivity contribution is 7.99. The van der Waals surface area contributed by atoms with Crippen molar-refractivity contribution in [2.45, 2.75) is 5.16 Å². The molecule has 8 nitrogen and oxygen atoms in total. The van der Waals surface area contributed by atoms with Crippen molar-refractivity contribution in [3.63, 3.8) is 0 Å². The minimum absolute atomic E-state index is 0.116. The first-order valence-electron chi connectivity index (χ1n) is 8.51. The average Bonchev–Trinajstić information content (AvgIpc) is 3.06. The summed E-state index contributed by atoms with van der Waals surface area (Å²) in [6.45, 7) is 0. The standard InChI is InChI=1S/C19H18ClN7OS/c20-15-9-4-10-16(12-15)23-17(28)13-29-19-26-25-18(27(19)21)24-22-11-5-8-14-6-2-1-3-7-14/h1-12H,13,21H2,(H,23,28)(H,24,25)/b8-5+,22-11+. The Balaban J connectivity index is 1.48. The van der Waals surface area contributed by atoms with E-state index in [1.807, 2.05) is 36.4 Å². The van der Waals surface area contributed by atoms with Crippen molar-refractivity contribution in [3.05, 3.63) is 71.3 Å². The number of nitrogens with zero attached hydrogens (tertiary/aromatic N) is 4. The maximum Gasteiger partial charge on any atom is 0.264 e. The summed E-state index contributed by atoms with van der Waals surface area (Å²) < 4.78 is 1.23. The summed E-state index contributed by atoms with van der Waals surface area (Å²) in [6.07, 6.45) is 5.28. The van der Waals surface area contributed by atoms with Crippen LogP contribution >= 0.6 is 23.4 Å². The lowest BCUT2D eigenvalue weighted by atomic mass is 10.2. The van der Waals surface area contributed by atoms with E-state index in [0.29, 0.717) is 15.9 Å². The highest BCUT2D eigenvalue weighted by Gasteiger charge is 2.12. The molecule has 0 bridgehead atoms. The summed E-state index contributed by atoms with van der Waals surface area (Å²) in [4.78, 5) is 12.1. The topological polar surface area (TPSA) is 110 Å². The van der Waals surface area contributed by atoms with Gasteiger partial charge in [0, 0.05) is 16.9 Å². The molecule has 3 aromatic rings. The zero-order valence-electron chi connectivity index (χ0n) is 15.2. The second-order valence-corrected chi connectivity index (χ2v) is 7.06. The van der Waals surface area contributed by atoms with Gasteiger partial charge in [-0.05, 0) is 29.8 Å². The lowest BCUT2D eigenvalue weighted by molar-refractivity contribution is -0.113. The second-order valence-electron chi connectivity index (χ2n) is 5.68. The molecule has 29 heavy (non-hydrogen) atoms. The SMILES string of the molecule is Nn1c(N/N=C/C=C/c2ccccc2)nnc1SCC(=O)Nc1cccc(Cl)c1. The summed E-state index contributed by atoms with van der Waals surface area (Å²) >= 11 is 7.05. The van der Waals surface area contributed by atoms with E-state index < -0.39 is 0 Å². The molecular weight excluding hydrogens is 410 g/mol. The van der Waals surface area contributed by atoms with E-state index in [0.717, 1.165) is 17.3 Å². The molecule has 10 heteroatoms. The number of amides is 1. The van der Waals surface area contributed by atoms with Gasteiger partial charge in [0.2, 0.25) is 11.1 Å². The lowest BCUT2D eigenvalue weighted by Crippen LogP contribution is -2.16. The third kappa shape index (κ3) is 6.37. The predicted molar refractivity (Wildman–Crippen MR) is 119 cm³/mol. The van der Waals surface area contributed by atoms with Crippen LogP contribution in [0, 0.1) is 0 Å². The Bertz CT molecular complexity index is 1020. The van der Waals surface area contributed by atoms with Crippen molar-refractivity contribution in [2.75, 3.05) is 22.3 Å². The fourth-order valence-corrected chi connectivity index (χ4v) is 3.05. The number of thioether (sulfide) groups is 1. The number of rotatable bonds is 8. The van der Waals surface area contributed by atoms with Crippen molar-refractivity contribution >= 4 is 53.2 Å². The number of aromatic nitrogens is 3. The third-order valence-corrected chi connectivity index (χ3v) is 4.70. The molecule has 3 rings (SSSR count). The smallest absolute Gasteiger partial charge is 0.264 e. The van der Waals surface area contributed by atoms with Crippen LogP contribution in [0.4, 0.5) is 11.6 Å². The number of anilines is 2. The quantitative estimate of drug-likeness (QED) is 0.220. The number of nitrogens with two attached hydrogens (primary N) is 1. The molecule has 0 aliphatic heterocycles. The van der Waals surface area contributed by atoms with E-state index in [-0.39, 0.29) is 17.6 Å². The van der Waals surface area contributed by atoms with Gasteiger partial charge in [-0.3, -0.25) is 4.79 Å². The molecular formula is C19H18ClN7OS. The van der Waals surface area contributed by atoms with Crippen LogP contribution in [0.15, 0.2) is 70.9 Å². The average molecular weight is 428 g/mol. The van der Waals surface area contributed by atoms with Gasteiger partial charge in [-0.15, -0.1) is 10.2 Å². The Morgan fingerprint density at radius 2 is 2.03 bits per heavy atom. The van der Waals surface area contributed by atoms with Crippen LogP contribution in [0.25, 0.3) is 6.08 Å². The highest BCUT2D eigenvalue weighted by Crippen LogP contribution is 2.18. The Labute approximate surface area is 176 Å². The van der Waals surface area contributed by atoms with Gasteiger partial charge >= 0.3 is 0 Å². The molecule has 148 valence electrons. The van der Waals surface area contributed by atoms with Crippen LogP contribution in [-0.2, 0) is 4.79 Å². The van der Waals surface area contributed by atoms with Gasteiger partial charge in [-0.25, -0.2) is 10.1 Å². The minimum Gasteiger partial charge on any atom is -0.334 e. The van der Waals surface area contributed by atoms with Crippen LogP contribution in [0.5, 0.6) is 0 Å². The fourth-order valence-electron chi connectivity index (χ4n) is 2.20. The Hall–Kier alpha value is -3.30. The number of nitrogens with one attached hydrogen (secondary N) is 2. The van der Waals surface area contributed by atoms with Gasteiger partial charge in [0.25, 0.3) is 5.95 Å². The van der Waals surface area contributed by atoms with Crippen molar-refractivity contribution in [3.8, 4) is 0 Å². The molecule has 0 fully saturated rings. The first-order chi connectivity index (χ1) is 14.1. The van der Waals surface area contributed by atoms with E-state index in [1.54, 1.807) is 36.6 Å². The van der Waals surface area contributed by atoms with Gasteiger partial charge in [0.1, 0.15) is 0 Å². The lowest BCUT2D eigenvalue weighted by Gasteiger charge is -2.05. The Kier molecular flexibility index (Phi) is 7.26. The molecule has 1 aromatic heterocycles. The van der Waals surface area contributed by atoms with Crippen LogP contribution < -0.4 is 16.6 Å². The van der Waals surface area contributed by atoms with E-state index in [4.69, 9.17) is 17.4 Å². The molecule has 0 saturated carbocycles. The Morgan fingerprint density at radius 1 is 1.21 bits per heavy atom. The largest absolute Gasteiger partial charge is 0.334 e. The molecule has 0 aliphatic rings. The van der Waals surface area contributed by atoms with Crippen molar-refractivity contribution in [1.29, 1.82) is 0 Å². The van der Waals surface area contributed by atoms with Gasteiger partial charge in [-0.1, -0.05) is 65.8 Å². The molecule has 0 aliphatic carbocycles. The summed E-state index contributed by atoms with van der Waals surface area (Å²) in [5.41, 5.74) is 4.40. The Morgan fingerprint density at radius 3 is 2.83 bits per heavy atom. The van der Waals surface area contributed by atoms with Gasteiger partial charge in [0.15, 0.2) is 0 Å². The number of nitrogen functional groups attached to an aromatic ring is 1. The zero-order valence-corrected chi connectivity index (χ0v) is 16.8. The third-order valence-electron chi connectivity index (χ3n) is 3.52. The van der Waals surface area contributed by atoms with Crippen LogP contribution in [0.2, 0.25) is 5.02 Å². The number of carbonyl (C=O) groups excluding carboxylic acids is 1. The molecule has 0 radical (unpaired) electrons. The predicted octanol–water partition coefficient (Wildman–Crippen LogP) is 3.49. The van der Waals surface area contributed by atoms with Crippen LogP contribution in [-0.4, -0.2) is 32.7 Å². The van der Waals surface area contributed by atoms with Crippen LogP contribution in [0.3, 0.4) is 0 Å². The first-order valence-corrected chi connectivity index (χ1v) is 9.87. The van der Waals surface area contributed by atoms with E-state index in [2.05, 4.69) is 26.0 Å². The number of hydrogen-bond donors (Lipinski definition) is 3. The summed E-state index contributed by atoms with van der Waals surface area (Å²) in [5, 5.41) is 15.6. The molecule has 4 N–H and O–H groups in total. The number of benzene rings is 2. The monoisotopic (exact) mass is 427 g/mol. The first kappa shape index (κ1) is 20.4. The molecule has 0 atom stereocenters. The van der Waals surface area contributed by atoms with Crippen molar-refractivity contribution < 1.29 is 4.79 Å². The normalized spacial score (nSPS) is 11.2.